The van der Waals surface area contributed by atoms with Crippen molar-refractivity contribution in [1.82, 2.24) is 9.38 Å². The molecule has 48 heavy (non-hydrogen) atoms. The topological polar surface area (TPSA) is 20.5 Å². The van der Waals surface area contributed by atoms with E-state index in [4.69, 9.17) is 4.98 Å². The van der Waals surface area contributed by atoms with E-state index < -0.39 is 0 Å². The molecule has 0 amide bonds. The Morgan fingerprint density at radius 3 is 1.85 bits per heavy atom. The van der Waals surface area contributed by atoms with E-state index in [0.29, 0.717) is 0 Å². The summed E-state index contributed by atoms with van der Waals surface area (Å²) in [5.41, 5.74) is 10.9. The first-order valence-corrected chi connectivity index (χ1v) is 16.3. The Hall–Kier alpha value is -6.45. The fourth-order valence-electron chi connectivity index (χ4n) is 6.97. The van der Waals surface area contributed by atoms with Gasteiger partial charge < -0.3 is 4.90 Å². The molecule has 0 spiro atoms. The predicted octanol–water partition coefficient (Wildman–Crippen LogP) is 12.1. The van der Waals surface area contributed by atoms with Gasteiger partial charge in [-0.2, -0.15) is 0 Å². The van der Waals surface area contributed by atoms with E-state index in [0.717, 1.165) is 45.2 Å². The molecule has 0 unspecified atom stereocenters. The third-order valence-electron chi connectivity index (χ3n) is 9.17. The van der Waals surface area contributed by atoms with Crippen LogP contribution in [0.5, 0.6) is 0 Å². The number of para-hydroxylation sites is 1. The first kappa shape index (κ1) is 27.8. The van der Waals surface area contributed by atoms with Crippen molar-refractivity contribution in [3.63, 3.8) is 0 Å². The molecule has 0 saturated carbocycles. The minimum Gasteiger partial charge on any atom is -0.310 e. The summed E-state index contributed by atoms with van der Waals surface area (Å²) in [6.45, 7) is 0. The van der Waals surface area contributed by atoms with Gasteiger partial charge in [0.25, 0.3) is 0 Å². The van der Waals surface area contributed by atoms with Gasteiger partial charge in [-0.05, 0) is 87.3 Å². The van der Waals surface area contributed by atoms with Gasteiger partial charge in [0.1, 0.15) is 5.65 Å². The molecule has 2 aromatic heterocycles. The molecule has 0 bridgehead atoms. The van der Waals surface area contributed by atoms with Crippen LogP contribution in [0.4, 0.5) is 17.1 Å². The lowest BCUT2D eigenvalue weighted by molar-refractivity contribution is 1.19. The van der Waals surface area contributed by atoms with E-state index in [1.807, 2.05) is 6.07 Å². The van der Waals surface area contributed by atoms with Crippen molar-refractivity contribution < 1.29 is 0 Å². The maximum atomic E-state index is 5.14. The second-order valence-electron chi connectivity index (χ2n) is 12.1. The van der Waals surface area contributed by atoms with Crippen LogP contribution >= 0.6 is 0 Å². The molecule has 9 aromatic rings. The fraction of sp³-hybridized carbons (Fsp3) is 0. The lowest BCUT2D eigenvalue weighted by Gasteiger charge is -2.26. The first-order valence-electron chi connectivity index (χ1n) is 16.3. The normalized spacial score (nSPS) is 11.3. The van der Waals surface area contributed by atoms with Gasteiger partial charge in [0.15, 0.2) is 0 Å². The van der Waals surface area contributed by atoms with E-state index in [1.54, 1.807) is 0 Å². The maximum Gasteiger partial charge on any atom is 0.137 e. The molecule has 0 aliphatic rings. The molecule has 0 saturated heterocycles. The van der Waals surface area contributed by atoms with Crippen molar-refractivity contribution in [2.24, 2.45) is 0 Å². The van der Waals surface area contributed by atoms with Gasteiger partial charge in [0.2, 0.25) is 0 Å². The van der Waals surface area contributed by atoms with Crippen LogP contribution in [0.1, 0.15) is 0 Å². The fourth-order valence-corrected chi connectivity index (χ4v) is 6.97. The van der Waals surface area contributed by atoms with Gasteiger partial charge in [0, 0.05) is 34.4 Å². The highest BCUT2D eigenvalue weighted by atomic mass is 15.1. The number of anilines is 3. The van der Waals surface area contributed by atoms with Crippen molar-refractivity contribution in [3.8, 4) is 33.6 Å². The Labute approximate surface area is 279 Å². The molecule has 0 aliphatic carbocycles. The highest BCUT2D eigenvalue weighted by Crippen LogP contribution is 2.41. The molecular formula is C45H31N3. The predicted molar refractivity (Wildman–Crippen MR) is 201 cm³/mol. The summed E-state index contributed by atoms with van der Waals surface area (Å²) >= 11 is 0. The van der Waals surface area contributed by atoms with E-state index in [1.165, 1.54) is 32.7 Å². The minimum atomic E-state index is 0.925. The van der Waals surface area contributed by atoms with Crippen LogP contribution in [0.25, 0.3) is 60.8 Å². The monoisotopic (exact) mass is 613 g/mol. The summed E-state index contributed by atoms with van der Waals surface area (Å²) in [5, 5.41) is 5.07. The van der Waals surface area contributed by atoms with Crippen molar-refractivity contribution >= 4 is 44.3 Å². The molecule has 0 atom stereocenters. The molecule has 0 radical (unpaired) electrons. The van der Waals surface area contributed by atoms with Crippen molar-refractivity contribution in [2.45, 2.75) is 0 Å². The van der Waals surface area contributed by atoms with E-state index in [2.05, 4.69) is 191 Å². The van der Waals surface area contributed by atoms with Crippen molar-refractivity contribution in [3.05, 3.63) is 188 Å². The van der Waals surface area contributed by atoms with Gasteiger partial charge in [0.05, 0.1) is 11.4 Å². The number of rotatable bonds is 6. The van der Waals surface area contributed by atoms with Crippen molar-refractivity contribution in [1.29, 1.82) is 0 Å². The summed E-state index contributed by atoms with van der Waals surface area (Å²) in [6.07, 6.45) is 2.09. The van der Waals surface area contributed by atoms with Crippen LogP contribution in [0.15, 0.2) is 188 Å². The number of fused-ring (bicyclic) bond motifs is 4. The Bertz CT molecular complexity index is 2550. The Balaban J connectivity index is 1.17. The molecule has 0 N–H and O–H groups in total. The zero-order valence-corrected chi connectivity index (χ0v) is 26.2. The second kappa shape index (κ2) is 11.7. The zero-order valence-electron chi connectivity index (χ0n) is 26.2. The number of imidazole rings is 1. The van der Waals surface area contributed by atoms with E-state index >= 15 is 0 Å². The van der Waals surface area contributed by atoms with Crippen LogP contribution < -0.4 is 4.90 Å². The highest BCUT2D eigenvalue weighted by Gasteiger charge is 2.19. The second-order valence-corrected chi connectivity index (χ2v) is 12.1. The highest BCUT2D eigenvalue weighted by molar-refractivity contribution is 6.13. The zero-order chi connectivity index (χ0) is 31.9. The Morgan fingerprint density at radius 2 is 1.04 bits per heavy atom. The average Bonchev–Trinajstić information content (AvgIpc) is 3.56. The van der Waals surface area contributed by atoms with Crippen LogP contribution in [-0.2, 0) is 0 Å². The standard InChI is InChI=1S/C45H31N3/c1-3-14-33(15-4-1)45-44(46-43-24-11-12-29-47(43)45)35-17-13-20-38(30-35)48(36-18-5-2-6-19-36)37-27-25-32(26-28-37)42-31-34-16-7-8-21-39(34)40-22-9-10-23-41(40)42/h1-31H. The molecule has 3 heteroatoms. The third kappa shape index (κ3) is 4.81. The molecular weight excluding hydrogens is 583 g/mol. The van der Waals surface area contributed by atoms with Gasteiger partial charge in [-0.1, -0.05) is 127 Å². The number of benzene rings is 7. The maximum absolute atomic E-state index is 5.14. The molecule has 0 aliphatic heterocycles. The van der Waals surface area contributed by atoms with Gasteiger partial charge in [-0.15, -0.1) is 0 Å². The molecule has 9 rings (SSSR count). The van der Waals surface area contributed by atoms with Crippen LogP contribution in [-0.4, -0.2) is 9.38 Å². The number of aromatic nitrogens is 2. The molecule has 7 aromatic carbocycles. The quantitative estimate of drug-likeness (QED) is 0.174. The summed E-state index contributed by atoms with van der Waals surface area (Å²) < 4.78 is 2.18. The average molecular weight is 614 g/mol. The summed E-state index contributed by atoms with van der Waals surface area (Å²) in [4.78, 5) is 7.46. The van der Waals surface area contributed by atoms with Gasteiger partial charge in [-0.25, -0.2) is 4.98 Å². The van der Waals surface area contributed by atoms with Crippen LogP contribution in [0.2, 0.25) is 0 Å². The number of nitrogens with zero attached hydrogens (tertiary/aromatic N) is 3. The lowest BCUT2D eigenvalue weighted by Crippen LogP contribution is -2.09. The Morgan fingerprint density at radius 1 is 0.417 bits per heavy atom. The molecule has 0 fully saturated rings. The minimum absolute atomic E-state index is 0.925. The van der Waals surface area contributed by atoms with Gasteiger partial charge in [-0.3, -0.25) is 4.40 Å². The van der Waals surface area contributed by atoms with Crippen molar-refractivity contribution in [2.75, 3.05) is 4.90 Å². The molecule has 226 valence electrons. The van der Waals surface area contributed by atoms with Crippen LogP contribution in [0, 0.1) is 0 Å². The van der Waals surface area contributed by atoms with E-state index in [-0.39, 0.29) is 0 Å². The molecule has 3 nitrogen and oxygen atoms in total. The smallest absolute Gasteiger partial charge is 0.137 e. The van der Waals surface area contributed by atoms with Crippen LogP contribution in [0.3, 0.4) is 0 Å². The van der Waals surface area contributed by atoms with E-state index in [9.17, 15) is 0 Å². The number of hydrogen-bond acceptors (Lipinski definition) is 2. The SMILES string of the molecule is c1ccc(-c2c(-c3cccc(N(c4ccccc4)c4ccc(-c5cc6ccccc6c6ccccc56)cc4)c3)nc3ccccn23)cc1. The van der Waals surface area contributed by atoms with Gasteiger partial charge >= 0.3 is 0 Å². The molecule has 2 heterocycles. The largest absolute Gasteiger partial charge is 0.310 e. The first-order chi connectivity index (χ1) is 23.8. The number of hydrogen-bond donors (Lipinski definition) is 0. The summed E-state index contributed by atoms with van der Waals surface area (Å²) in [6, 6.07) is 64.7. The number of pyridine rings is 1. The third-order valence-corrected chi connectivity index (χ3v) is 9.17. The summed E-state index contributed by atoms with van der Waals surface area (Å²) in [5.74, 6) is 0. The Kier molecular flexibility index (Phi) is 6.80. The summed E-state index contributed by atoms with van der Waals surface area (Å²) in [7, 11) is 0. The lowest BCUT2D eigenvalue weighted by atomic mass is 9.93.